The largest absolute Gasteiger partial charge is 0.422 e. The van der Waals surface area contributed by atoms with Crippen molar-refractivity contribution in [3.8, 4) is 0 Å². The van der Waals surface area contributed by atoms with Crippen LogP contribution in [0.3, 0.4) is 0 Å². The average molecular weight is 363 g/mol. The SMILES string of the molecule is Cl.O=C(Nc1nc2c(s1)CCCC2)c1cc2ccccc2oc1=O. The van der Waals surface area contributed by atoms with Gasteiger partial charge in [-0.15, -0.1) is 23.7 Å². The van der Waals surface area contributed by atoms with E-state index in [4.69, 9.17) is 4.42 Å². The van der Waals surface area contributed by atoms with Crippen molar-refractivity contribution < 1.29 is 9.21 Å². The number of amides is 1. The van der Waals surface area contributed by atoms with Crippen molar-refractivity contribution in [2.24, 2.45) is 0 Å². The van der Waals surface area contributed by atoms with Gasteiger partial charge in [0.15, 0.2) is 5.13 Å². The third-order valence-corrected chi connectivity index (χ3v) is 5.03. The zero-order valence-corrected chi connectivity index (χ0v) is 14.3. The van der Waals surface area contributed by atoms with Crippen molar-refractivity contribution >= 4 is 45.8 Å². The summed E-state index contributed by atoms with van der Waals surface area (Å²) in [5, 5.41) is 4.00. The molecule has 0 spiro atoms. The fraction of sp³-hybridized carbons (Fsp3) is 0.235. The minimum absolute atomic E-state index is 0. The van der Waals surface area contributed by atoms with E-state index in [2.05, 4.69) is 10.3 Å². The maximum absolute atomic E-state index is 12.4. The van der Waals surface area contributed by atoms with Crippen LogP contribution in [0.15, 0.2) is 39.5 Å². The number of halogens is 1. The number of carbonyl (C=O) groups is 1. The smallest absolute Gasteiger partial charge is 0.349 e. The van der Waals surface area contributed by atoms with E-state index in [1.54, 1.807) is 24.3 Å². The molecule has 1 aliphatic carbocycles. The molecular weight excluding hydrogens is 348 g/mol. The van der Waals surface area contributed by atoms with Gasteiger partial charge in [-0.3, -0.25) is 10.1 Å². The van der Waals surface area contributed by atoms with Crippen LogP contribution >= 0.6 is 23.7 Å². The Kier molecular flexibility index (Phi) is 4.69. The number of aryl methyl sites for hydroxylation is 2. The summed E-state index contributed by atoms with van der Waals surface area (Å²) in [6, 6.07) is 8.68. The lowest BCUT2D eigenvalue weighted by Gasteiger charge is -2.06. The van der Waals surface area contributed by atoms with Crippen molar-refractivity contribution in [2.75, 3.05) is 5.32 Å². The molecule has 0 unspecified atom stereocenters. The first kappa shape index (κ1) is 16.7. The summed E-state index contributed by atoms with van der Waals surface area (Å²) in [6.45, 7) is 0. The molecular formula is C17H15ClN2O3S. The van der Waals surface area contributed by atoms with Gasteiger partial charge in [0.1, 0.15) is 11.1 Å². The molecule has 7 heteroatoms. The Labute approximate surface area is 148 Å². The van der Waals surface area contributed by atoms with Crippen molar-refractivity contribution in [1.82, 2.24) is 4.98 Å². The number of aromatic nitrogens is 1. The van der Waals surface area contributed by atoms with Crippen molar-refractivity contribution in [2.45, 2.75) is 25.7 Å². The molecule has 0 fully saturated rings. The Morgan fingerprint density at radius 2 is 2.00 bits per heavy atom. The highest BCUT2D eigenvalue weighted by Gasteiger charge is 2.19. The second kappa shape index (κ2) is 6.75. The number of para-hydroxylation sites is 1. The van der Waals surface area contributed by atoms with Gasteiger partial charge in [-0.2, -0.15) is 0 Å². The van der Waals surface area contributed by atoms with E-state index in [-0.39, 0.29) is 18.0 Å². The molecule has 0 atom stereocenters. The maximum atomic E-state index is 12.4. The highest BCUT2D eigenvalue weighted by molar-refractivity contribution is 7.15. The Bertz CT molecular complexity index is 940. The van der Waals surface area contributed by atoms with Crippen LogP contribution in [0.2, 0.25) is 0 Å². The summed E-state index contributed by atoms with van der Waals surface area (Å²) < 4.78 is 5.20. The number of fused-ring (bicyclic) bond motifs is 2. The van der Waals surface area contributed by atoms with E-state index in [1.807, 2.05) is 6.07 Å². The lowest BCUT2D eigenvalue weighted by molar-refractivity contribution is 0.102. The number of anilines is 1. The molecule has 2 aromatic heterocycles. The Balaban J connectivity index is 0.00000169. The fourth-order valence-corrected chi connectivity index (χ4v) is 3.84. The minimum atomic E-state index is -0.637. The van der Waals surface area contributed by atoms with Crippen LogP contribution in [-0.2, 0) is 12.8 Å². The molecule has 3 aromatic rings. The van der Waals surface area contributed by atoms with Crippen molar-refractivity contribution in [3.05, 3.63) is 56.9 Å². The first-order valence-electron chi connectivity index (χ1n) is 7.53. The van der Waals surface area contributed by atoms with Crippen LogP contribution < -0.4 is 10.9 Å². The second-order valence-electron chi connectivity index (χ2n) is 5.54. The number of nitrogens with zero attached hydrogens (tertiary/aromatic N) is 1. The second-order valence-corrected chi connectivity index (χ2v) is 6.62. The monoisotopic (exact) mass is 362 g/mol. The van der Waals surface area contributed by atoms with E-state index < -0.39 is 11.5 Å². The zero-order chi connectivity index (χ0) is 15.8. The molecule has 1 amide bonds. The third-order valence-electron chi connectivity index (χ3n) is 3.95. The molecule has 1 aliphatic rings. The number of hydrogen-bond acceptors (Lipinski definition) is 5. The molecule has 0 bridgehead atoms. The lowest BCUT2D eigenvalue weighted by Crippen LogP contribution is -2.20. The number of hydrogen-bond donors (Lipinski definition) is 1. The third kappa shape index (κ3) is 3.07. The normalized spacial score (nSPS) is 13.2. The number of nitrogens with one attached hydrogen (secondary N) is 1. The molecule has 0 saturated heterocycles. The minimum Gasteiger partial charge on any atom is -0.422 e. The molecule has 1 aromatic carbocycles. The van der Waals surface area contributed by atoms with Gasteiger partial charge in [0.05, 0.1) is 5.69 Å². The van der Waals surface area contributed by atoms with E-state index >= 15 is 0 Å². The van der Waals surface area contributed by atoms with Gasteiger partial charge < -0.3 is 4.42 Å². The van der Waals surface area contributed by atoms with E-state index in [1.165, 1.54) is 16.2 Å². The summed E-state index contributed by atoms with van der Waals surface area (Å²) in [7, 11) is 0. The highest BCUT2D eigenvalue weighted by atomic mass is 35.5. The van der Waals surface area contributed by atoms with Gasteiger partial charge in [-0.25, -0.2) is 9.78 Å². The molecule has 4 rings (SSSR count). The molecule has 24 heavy (non-hydrogen) atoms. The topological polar surface area (TPSA) is 72.2 Å². The quantitative estimate of drug-likeness (QED) is 0.704. The number of thiazole rings is 1. The first-order chi connectivity index (χ1) is 11.2. The molecule has 1 N–H and O–H groups in total. The van der Waals surface area contributed by atoms with Crippen LogP contribution in [0.25, 0.3) is 11.0 Å². The van der Waals surface area contributed by atoms with E-state index in [0.29, 0.717) is 10.7 Å². The summed E-state index contributed by atoms with van der Waals surface area (Å²) in [5.41, 5.74) is 0.903. The van der Waals surface area contributed by atoms with Crippen LogP contribution in [0.5, 0.6) is 0 Å². The fourth-order valence-electron chi connectivity index (χ4n) is 2.79. The first-order valence-corrected chi connectivity index (χ1v) is 8.35. The van der Waals surface area contributed by atoms with Gasteiger partial charge in [-0.05, 0) is 37.8 Å². The van der Waals surface area contributed by atoms with Crippen LogP contribution in [-0.4, -0.2) is 10.9 Å². The van der Waals surface area contributed by atoms with E-state index in [9.17, 15) is 9.59 Å². The number of carbonyl (C=O) groups excluding carboxylic acids is 1. The predicted molar refractivity (Wildman–Crippen MR) is 96.4 cm³/mol. The molecule has 5 nitrogen and oxygen atoms in total. The van der Waals surface area contributed by atoms with Crippen LogP contribution in [0, 0.1) is 0 Å². The van der Waals surface area contributed by atoms with Gasteiger partial charge >= 0.3 is 5.63 Å². The molecule has 2 heterocycles. The Morgan fingerprint density at radius 1 is 1.21 bits per heavy atom. The summed E-state index contributed by atoms with van der Waals surface area (Å²) >= 11 is 1.49. The van der Waals surface area contributed by atoms with Gasteiger partial charge in [0.2, 0.25) is 0 Å². The predicted octanol–water partition coefficient (Wildman–Crippen LogP) is 3.80. The Morgan fingerprint density at radius 3 is 2.83 bits per heavy atom. The van der Waals surface area contributed by atoms with E-state index in [0.717, 1.165) is 36.8 Å². The van der Waals surface area contributed by atoms with Gasteiger partial charge in [0, 0.05) is 10.3 Å². The highest BCUT2D eigenvalue weighted by Crippen LogP contribution is 2.29. The lowest BCUT2D eigenvalue weighted by atomic mass is 10.0. The summed E-state index contributed by atoms with van der Waals surface area (Å²) in [6.07, 6.45) is 4.27. The van der Waals surface area contributed by atoms with Crippen LogP contribution in [0.4, 0.5) is 5.13 Å². The van der Waals surface area contributed by atoms with Crippen molar-refractivity contribution in [1.29, 1.82) is 0 Å². The Hall–Kier alpha value is -2.18. The molecule has 0 aliphatic heterocycles. The maximum Gasteiger partial charge on any atom is 0.349 e. The molecule has 0 saturated carbocycles. The number of rotatable bonds is 2. The van der Waals surface area contributed by atoms with Gasteiger partial charge in [0.25, 0.3) is 5.91 Å². The summed E-state index contributed by atoms with van der Waals surface area (Å²) in [5.74, 6) is -0.476. The van der Waals surface area contributed by atoms with Gasteiger partial charge in [-0.1, -0.05) is 18.2 Å². The standard InChI is InChI=1S/C17H14N2O3S.ClH/c20-15(19-17-18-12-6-2-4-8-14(12)23-17)11-9-10-5-1-3-7-13(10)22-16(11)21;/h1,3,5,7,9H,2,4,6,8H2,(H,18,19,20);1H. The number of benzene rings is 1. The van der Waals surface area contributed by atoms with Crippen molar-refractivity contribution in [3.63, 3.8) is 0 Å². The zero-order valence-electron chi connectivity index (χ0n) is 12.7. The summed E-state index contributed by atoms with van der Waals surface area (Å²) in [4.78, 5) is 30.1. The average Bonchev–Trinajstić information content (AvgIpc) is 2.96. The molecule has 124 valence electrons. The van der Waals surface area contributed by atoms with Crippen LogP contribution in [0.1, 0.15) is 33.8 Å². The molecule has 0 radical (unpaired) electrons.